The summed E-state index contributed by atoms with van der Waals surface area (Å²) in [5.74, 6) is -0.646. The molecule has 2 aromatic heterocycles. The van der Waals surface area contributed by atoms with Crippen molar-refractivity contribution in [3.63, 3.8) is 0 Å². The maximum absolute atomic E-state index is 12.8. The van der Waals surface area contributed by atoms with E-state index in [-0.39, 0.29) is 18.6 Å². The van der Waals surface area contributed by atoms with Gasteiger partial charge in [0.15, 0.2) is 10.4 Å². The van der Waals surface area contributed by atoms with Crippen molar-refractivity contribution in [2.75, 3.05) is 6.61 Å². The highest BCUT2D eigenvalue weighted by Gasteiger charge is 2.31. The molecule has 0 fully saturated rings. The lowest BCUT2D eigenvalue weighted by atomic mass is 9.89. The Balaban J connectivity index is 2.20. The van der Waals surface area contributed by atoms with E-state index >= 15 is 0 Å². The van der Waals surface area contributed by atoms with Crippen LogP contribution in [0.25, 0.3) is 0 Å². The Morgan fingerprint density at radius 2 is 1.80 bits per heavy atom. The Morgan fingerprint density at radius 1 is 1.13 bits per heavy atom. The van der Waals surface area contributed by atoms with Gasteiger partial charge in [0.25, 0.3) is 0 Å². The molecule has 1 atom stereocenters. The molecule has 0 amide bonds. The number of hydrogen-bond acceptors (Lipinski definition) is 4. The first-order chi connectivity index (χ1) is 14.3. The molecule has 8 heteroatoms. The topological polar surface area (TPSA) is 57.0 Å². The van der Waals surface area contributed by atoms with Crippen LogP contribution in [0.15, 0.2) is 47.3 Å². The van der Waals surface area contributed by atoms with E-state index in [0.717, 1.165) is 17.0 Å². The van der Waals surface area contributed by atoms with E-state index in [1.165, 1.54) is 0 Å². The fraction of sp³-hybridized carbons (Fsp3) is 0.318. The summed E-state index contributed by atoms with van der Waals surface area (Å²) in [6.07, 6.45) is 2.17. The van der Waals surface area contributed by atoms with Gasteiger partial charge in [-0.1, -0.05) is 35.3 Å². The molecule has 0 saturated heterocycles. The molecule has 30 heavy (non-hydrogen) atoms. The third-order valence-electron chi connectivity index (χ3n) is 4.69. The number of carbonyl (C=O) groups is 1. The Morgan fingerprint density at radius 3 is 2.37 bits per heavy atom. The van der Waals surface area contributed by atoms with Crippen LogP contribution in [0.3, 0.4) is 0 Å². The smallest absolute Gasteiger partial charge is 0.358 e. The predicted octanol–water partition coefficient (Wildman–Crippen LogP) is 6.48. The van der Waals surface area contributed by atoms with Crippen LogP contribution in [0.2, 0.25) is 10.0 Å². The molecular formula is C22H22BrCl2N3O2. The molecule has 0 bridgehead atoms. The minimum absolute atomic E-state index is 0.0676. The Bertz CT molecular complexity index is 1020. The van der Waals surface area contributed by atoms with Gasteiger partial charge in [-0.05, 0) is 66.5 Å². The highest BCUT2D eigenvalue weighted by molar-refractivity contribution is 9.10. The molecule has 0 radical (unpaired) electrons. The van der Waals surface area contributed by atoms with E-state index in [4.69, 9.17) is 27.9 Å². The van der Waals surface area contributed by atoms with Crippen molar-refractivity contribution in [2.24, 2.45) is 0 Å². The number of carbonyl (C=O) groups excluding carboxylic acids is 1. The van der Waals surface area contributed by atoms with Crippen LogP contribution < -0.4 is 0 Å². The summed E-state index contributed by atoms with van der Waals surface area (Å²) >= 11 is 15.7. The third kappa shape index (κ3) is 5.05. The van der Waals surface area contributed by atoms with Crippen molar-refractivity contribution in [3.8, 4) is 0 Å². The van der Waals surface area contributed by atoms with E-state index in [9.17, 15) is 4.79 Å². The monoisotopic (exact) mass is 509 g/mol. The highest BCUT2D eigenvalue weighted by Crippen LogP contribution is 2.35. The molecule has 3 rings (SSSR count). The molecule has 2 heterocycles. The first kappa shape index (κ1) is 22.8. The Labute approximate surface area is 194 Å². The molecule has 0 N–H and O–H groups in total. The van der Waals surface area contributed by atoms with Crippen molar-refractivity contribution in [3.05, 3.63) is 80.0 Å². The SMILES string of the molecule is CCOC(=O)c1nc(Br)n(C(C)C)c1C(Cc1ccc(Cl)cn1)c1ccc(Cl)cc1. The van der Waals surface area contributed by atoms with E-state index in [0.29, 0.717) is 26.9 Å². The summed E-state index contributed by atoms with van der Waals surface area (Å²) in [5, 5.41) is 1.22. The zero-order chi connectivity index (χ0) is 21.8. The molecule has 158 valence electrons. The lowest BCUT2D eigenvalue weighted by Crippen LogP contribution is -2.18. The first-order valence-corrected chi connectivity index (χ1v) is 11.2. The van der Waals surface area contributed by atoms with Crippen LogP contribution in [0.5, 0.6) is 0 Å². The normalized spacial score (nSPS) is 12.2. The number of pyridine rings is 1. The van der Waals surface area contributed by atoms with Gasteiger partial charge in [0.1, 0.15) is 0 Å². The summed E-state index contributed by atoms with van der Waals surface area (Å²) < 4.78 is 7.90. The van der Waals surface area contributed by atoms with Gasteiger partial charge in [-0.25, -0.2) is 9.78 Å². The molecule has 5 nitrogen and oxygen atoms in total. The number of aromatic nitrogens is 3. The van der Waals surface area contributed by atoms with Crippen molar-refractivity contribution in [2.45, 2.75) is 39.2 Å². The fourth-order valence-corrected chi connectivity index (χ4v) is 4.41. The maximum atomic E-state index is 12.8. The van der Waals surface area contributed by atoms with Crippen LogP contribution in [0, 0.1) is 0 Å². The van der Waals surface area contributed by atoms with E-state index in [1.807, 2.05) is 54.8 Å². The van der Waals surface area contributed by atoms with Crippen LogP contribution in [-0.2, 0) is 11.2 Å². The minimum atomic E-state index is -0.448. The summed E-state index contributed by atoms with van der Waals surface area (Å²) in [7, 11) is 0. The largest absolute Gasteiger partial charge is 0.461 e. The van der Waals surface area contributed by atoms with Gasteiger partial charge < -0.3 is 9.30 Å². The first-order valence-electron chi connectivity index (χ1n) is 9.62. The van der Waals surface area contributed by atoms with Crippen molar-refractivity contribution in [1.29, 1.82) is 0 Å². The number of ether oxygens (including phenoxy) is 1. The Hall–Kier alpha value is -1.89. The number of nitrogens with zero attached hydrogens (tertiary/aromatic N) is 3. The number of benzene rings is 1. The predicted molar refractivity (Wildman–Crippen MR) is 123 cm³/mol. The fourth-order valence-electron chi connectivity index (χ4n) is 3.39. The average molecular weight is 511 g/mol. The molecule has 1 unspecified atom stereocenters. The molecule has 0 aliphatic heterocycles. The van der Waals surface area contributed by atoms with Crippen molar-refractivity contribution in [1.82, 2.24) is 14.5 Å². The number of halogens is 3. The van der Waals surface area contributed by atoms with Crippen LogP contribution in [0.4, 0.5) is 0 Å². The lowest BCUT2D eigenvalue weighted by molar-refractivity contribution is 0.0518. The molecule has 0 aliphatic carbocycles. The summed E-state index contributed by atoms with van der Waals surface area (Å²) in [4.78, 5) is 21.7. The van der Waals surface area contributed by atoms with E-state index in [2.05, 4.69) is 25.9 Å². The molecule has 0 saturated carbocycles. The molecular weight excluding hydrogens is 489 g/mol. The van der Waals surface area contributed by atoms with Gasteiger partial charge in [0, 0.05) is 35.3 Å². The van der Waals surface area contributed by atoms with Gasteiger partial charge in [-0.15, -0.1) is 0 Å². The second kappa shape index (κ2) is 9.94. The van der Waals surface area contributed by atoms with Crippen LogP contribution in [-0.4, -0.2) is 27.1 Å². The zero-order valence-corrected chi connectivity index (χ0v) is 20.0. The number of imidazole rings is 1. The maximum Gasteiger partial charge on any atom is 0.358 e. The minimum Gasteiger partial charge on any atom is -0.461 e. The van der Waals surface area contributed by atoms with Crippen molar-refractivity contribution >= 4 is 45.1 Å². The quantitative estimate of drug-likeness (QED) is 0.341. The van der Waals surface area contributed by atoms with Gasteiger partial charge in [0.05, 0.1) is 17.3 Å². The summed E-state index contributed by atoms with van der Waals surface area (Å²) in [5.41, 5.74) is 2.92. The molecule has 1 aromatic carbocycles. The van der Waals surface area contributed by atoms with E-state index < -0.39 is 5.97 Å². The van der Waals surface area contributed by atoms with Gasteiger partial charge >= 0.3 is 5.97 Å². The number of hydrogen-bond donors (Lipinski definition) is 0. The Kier molecular flexibility index (Phi) is 7.55. The molecule has 0 spiro atoms. The van der Waals surface area contributed by atoms with Crippen molar-refractivity contribution < 1.29 is 9.53 Å². The lowest BCUT2D eigenvalue weighted by Gasteiger charge is -2.23. The van der Waals surface area contributed by atoms with Gasteiger partial charge in [-0.2, -0.15) is 0 Å². The summed E-state index contributed by atoms with van der Waals surface area (Å²) in [6, 6.07) is 11.4. The third-order valence-corrected chi connectivity index (χ3v) is 5.73. The molecule has 0 aliphatic rings. The van der Waals surface area contributed by atoms with Crippen LogP contribution in [0.1, 0.15) is 60.2 Å². The molecule has 3 aromatic rings. The number of esters is 1. The van der Waals surface area contributed by atoms with Gasteiger partial charge in [-0.3, -0.25) is 4.98 Å². The van der Waals surface area contributed by atoms with Gasteiger partial charge in [0.2, 0.25) is 0 Å². The zero-order valence-electron chi connectivity index (χ0n) is 16.9. The number of rotatable bonds is 7. The summed E-state index contributed by atoms with van der Waals surface area (Å²) in [6.45, 7) is 6.14. The van der Waals surface area contributed by atoms with E-state index in [1.54, 1.807) is 13.1 Å². The highest BCUT2D eigenvalue weighted by atomic mass is 79.9. The second-order valence-electron chi connectivity index (χ2n) is 7.07. The standard InChI is InChI=1S/C22H22BrCl2N3O2/c1-4-30-21(29)19-20(28(13(2)3)22(23)27-19)18(14-5-7-15(24)8-6-14)11-17-10-9-16(25)12-26-17/h5-10,12-13,18H,4,11H2,1-3H3. The van der Waals surface area contributed by atoms with Crippen LogP contribution >= 0.6 is 39.1 Å². The average Bonchev–Trinajstić information content (AvgIpc) is 3.06. The second-order valence-corrected chi connectivity index (χ2v) is 8.66.